The van der Waals surface area contributed by atoms with Crippen LogP contribution in [-0.2, 0) is 14.3 Å². The van der Waals surface area contributed by atoms with Crippen LogP contribution in [0.4, 0.5) is 4.79 Å². The van der Waals surface area contributed by atoms with Crippen LogP contribution in [0.2, 0.25) is 0 Å². The highest BCUT2D eigenvalue weighted by molar-refractivity contribution is 9.10. The highest BCUT2D eigenvalue weighted by atomic mass is 79.9. The van der Waals surface area contributed by atoms with Crippen molar-refractivity contribution in [3.8, 4) is 0 Å². The van der Waals surface area contributed by atoms with Gasteiger partial charge in [-0.1, -0.05) is 28.1 Å². The lowest BCUT2D eigenvalue weighted by Gasteiger charge is -2.32. The predicted molar refractivity (Wildman–Crippen MR) is 127 cm³/mol. The molecule has 1 saturated heterocycles. The summed E-state index contributed by atoms with van der Waals surface area (Å²) in [5, 5.41) is 2.68. The summed E-state index contributed by atoms with van der Waals surface area (Å²) in [6.45, 7) is 2.49. The zero-order valence-corrected chi connectivity index (χ0v) is 20.5. The molecule has 1 aromatic carbocycles. The number of hydrogen-bond donors (Lipinski definition) is 1. The summed E-state index contributed by atoms with van der Waals surface area (Å²) in [4.78, 5) is 27.4. The third kappa shape index (κ3) is 4.37. The Kier molecular flexibility index (Phi) is 7.05. The monoisotopic (exact) mass is 502 g/mol. The summed E-state index contributed by atoms with van der Waals surface area (Å²) >= 11 is 3.53. The van der Waals surface area contributed by atoms with Crippen LogP contribution in [0.3, 0.4) is 0 Å². The summed E-state index contributed by atoms with van der Waals surface area (Å²) in [5.41, 5.74) is 7.02. The van der Waals surface area contributed by atoms with E-state index < -0.39 is 18.2 Å². The number of carbonyl (C=O) groups excluding carboxylic acids is 2. The Labute approximate surface area is 198 Å². The van der Waals surface area contributed by atoms with E-state index in [9.17, 15) is 9.59 Å². The van der Waals surface area contributed by atoms with E-state index in [-0.39, 0.29) is 11.9 Å². The van der Waals surface area contributed by atoms with Crippen molar-refractivity contribution >= 4 is 33.5 Å². The van der Waals surface area contributed by atoms with Crippen molar-refractivity contribution in [2.75, 3.05) is 20.8 Å². The molecule has 1 heterocycles. The number of halogens is 1. The van der Waals surface area contributed by atoms with Crippen molar-refractivity contribution in [1.82, 2.24) is 10.2 Å². The van der Waals surface area contributed by atoms with Crippen LogP contribution in [0.5, 0.6) is 0 Å². The molecule has 0 aromatic heterocycles. The SMILES string of the molecule is COC(=O)N[C@H](C(=O)N1CCC[C@@H]1C1=C2CCCC2=C(c2ccc(Br)cc2)C1)[C@@H](C)OC. The molecule has 32 heavy (non-hydrogen) atoms. The van der Waals surface area contributed by atoms with Gasteiger partial charge in [-0.05, 0) is 85.4 Å². The maximum Gasteiger partial charge on any atom is 0.407 e. The molecule has 2 fully saturated rings. The normalized spacial score (nSPS) is 22.2. The first-order chi connectivity index (χ1) is 15.4. The summed E-state index contributed by atoms with van der Waals surface area (Å²) in [7, 11) is 2.85. The Bertz CT molecular complexity index is 953. The Morgan fingerprint density at radius 1 is 1.09 bits per heavy atom. The van der Waals surface area contributed by atoms with Crippen LogP contribution in [0.15, 0.2) is 45.5 Å². The first kappa shape index (κ1) is 23.1. The number of rotatable bonds is 6. The number of nitrogens with one attached hydrogen (secondary N) is 1. The number of allylic oxidation sites excluding steroid dienone is 3. The molecule has 4 rings (SSSR count). The Morgan fingerprint density at radius 2 is 1.81 bits per heavy atom. The molecular weight excluding hydrogens is 472 g/mol. The molecule has 3 aliphatic rings. The zero-order valence-electron chi connectivity index (χ0n) is 18.9. The Balaban J connectivity index is 1.59. The number of benzene rings is 1. The molecule has 0 spiro atoms. The topological polar surface area (TPSA) is 67.9 Å². The molecule has 1 aromatic rings. The minimum atomic E-state index is -0.776. The standard InChI is InChI=1S/C25H31BrN2O4/c1-15(31-2)23(27-25(30)32-3)24(29)28-13-5-8-22(28)21-14-20(18-6-4-7-19(18)21)16-9-11-17(26)12-10-16/h9-12,15,22-23H,4-8,13-14H2,1-3H3,(H,27,30)/t15-,22-,23+/m1/s1. The highest BCUT2D eigenvalue weighted by Gasteiger charge is 2.41. The van der Waals surface area contributed by atoms with E-state index in [0.29, 0.717) is 6.54 Å². The van der Waals surface area contributed by atoms with Crippen LogP contribution < -0.4 is 5.32 Å². The summed E-state index contributed by atoms with van der Waals surface area (Å²) < 4.78 is 11.2. The van der Waals surface area contributed by atoms with Crippen molar-refractivity contribution in [2.24, 2.45) is 0 Å². The first-order valence-electron chi connectivity index (χ1n) is 11.3. The van der Waals surface area contributed by atoms with Crippen LogP contribution in [0.1, 0.15) is 51.0 Å². The summed E-state index contributed by atoms with van der Waals surface area (Å²) in [5.74, 6) is -0.100. The van der Waals surface area contributed by atoms with Crippen molar-refractivity contribution in [2.45, 2.75) is 63.6 Å². The number of likely N-dealkylation sites (tertiary alicyclic amines) is 1. The second kappa shape index (κ2) is 9.79. The van der Waals surface area contributed by atoms with Crippen LogP contribution >= 0.6 is 15.9 Å². The maximum absolute atomic E-state index is 13.6. The third-order valence-electron chi connectivity index (χ3n) is 7.03. The zero-order chi connectivity index (χ0) is 22.8. The number of fused-ring (bicyclic) bond motifs is 1. The average Bonchev–Trinajstić information content (AvgIpc) is 3.53. The van der Waals surface area contributed by atoms with Gasteiger partial charge >= 0.3 is 6.09 Å². The molecule has 2 aliphatic carbocycles. The van der Waals surface area contributed by atoms with Gasteiger partial charge in [0.1, 0.15) is 6.04 Å². The molecular formula is C25H31BrN2O4. The number of nitrogens with zero attached hydrogens (tertiary/aromatic N) is 1. The molecule has 3 atom stereocenters. The number of amides is 2. The van der Waals surface area contributed by atoms with Crippen molar-refractivity contribution < 1.29 is 19.1 Å². The predicted octanol–water partition coefficient (Wildman–Crippen LogP) is 4.84. The Hall–Kier alpha value is -2.12. The second-order valence-electron chi connectivity index (χ2n) is 8.74. The van der Waals surface area contributed by atoms with E-state index >= 15 is 0 Å². The van der Waals surface area contributed by atoms with E-state index in [1.165, 1.54) is 41.4 Å². The first-order valence-corrected chi connectivity index (χ1v) is 12.1. The lowest BCUT2D eigenvalue weighted by Crippen LogP contribution is -2.55. The minimum Gasteiger partial charge on any atom is -0.453 e. The number of carbonyl (C=O) groups is 2. The van der Waals surface area contributed by atoms with Crippen LogP contribution in [0.25, 0.3) is 5.57 Å². The average molecular weight is 503 g/mol. The number of methoxy groups -OCH3 is 2. The molecule has 172 valence electrons. The van der Waals surface area contributed by atoms with Crippen molar-refractivity contribution in [3.05, 3.63) is 51.0 Å². The molecule has 0 unspecified atom stereocenters. The van der Waals surface area contributed by atoms with Gasteiger partial charge in [0.05, 0.1) is 19.3 Å². The molecule has 0 bridgehead atoms. The smallest absolute Gasteiger partial charge is 0.407 e. The summed E-state index contributed by atoms with van der Waals surface area (Å²) in [6.07, 6.45) is 5.10. The van der Waals surface area contributed by atoms with Gasteiger partial charge in [0.15, 0.2) is 0 Å². The third-order valence-corrected chi connectivity index (χ3v) is 7.56. The molecule has 1 saturated carbocycles. The van der Waals surface area contributed by atoms with Gasteiger partial charge in [0, 0.05) is 18.1 Å². The van der Waals surface area contributed by atoms with Crippen LogP contribution in [0, 0.1) is 0 Å². The van der Waals surface area contributed by atoms with E-state index in [4.69, 9.17) is 9.47 Å². The van der Waals surface area contributed by atoms with Gasteiger partial charge in [-0.2, -0.15) is 0 Å². The summed E-state index contributed by atoms with van der Waals surface area (Å²) in [6, 6.07) is 7.84. The van der Waals surface area contributed by atoms with Gasteiger partial charge in [-0.15, -0.1) is 0 Å². The van der Waals surface area contributed by atoms with E-state index in [2.05, 4.69) is 45.5 Å². The minimum absolute atomic E-state index is 0.0737. The van der Waals surface area contributed by atoms with Crippen molar-refractivity contribution in [3.63, 3.8) is 0 Å². The van der Waals surface area contributed by atoms with Gasteiger partial charge in [-0.25, -0.2) is 4.79 Å². The lowest BCUT2D eigenvalue weighted by molar-refractivity contribution is -0.136. The van der Waals surface area contributed by atoms with Gasteiger partial charge in [0.25, 0.3) is 0 Å². The highest BCUT2D eigenvalue weighted by Crippen LogP contribution is 2.49. The Morgan fingerprint density at radius 3 is 2.50 bits per heavy atom. The molecule has 1 aliphatic heterocycles. The molecule has 2 amide bonds. The second-order valence-corrected chi connectivity index (χ2v) is 9.66. The van der Waals surface area contributed by atoms with E-state index in [1.54, 1.807) is 14.0 Å². The molecule has 6 nitrogen and oxygen atoms in total. The fourth-order valence-corrected chi connectivity index (χ4v) is 5.62. The number of ether oxygens (including phenoxy) is 2. The fourth-order valence-electron chi connectivity index (χ4n) is 5.35. The quantitative estimate of drug-likeness (QED) is 0.604. The van der Waals surface area contributed by atoms with Crippen LogP contribution in [-0.4, -0.2) is 55.9 Å². The lowest BCUT2D eigenvalue weighted by atomic mass is 9.95. The van der Waals surface area contributed by atoms with Gasteiger partial charge in [-0.3, -0.25) is 4.79 Å². The largest absolute Gasteiger partial charge is 0.453 e. The van der Waals surface area contributed by atoms with E-state index in [1.807, 2.05) is 4.90 Å². The van der Waals surface area contributed by atoms with Gasteiger partial charge in [0.2, 0.25) is 5.91 Å². The number of alkyl carbamates (subject to hydrolysis) is 1. The van der Waals surface area contributed by atoms with E-state index in [0.717, 1.165) is 36.6 Å². The molecule has 0 radical (unpaired) electrons. The maximum atomic E-state index is 13.6. The number of hydrogen-bond acceptors (Lipinski definition) is 4. The van der Waals surface area contributed by atoms with Crippen molar-refractivity contribution in [1.29, 1.82) is 0 Å². The fraction of sp³-hybridized carbons (Fsp3) is 0.520. The van der Waals surface area contributed by atoms with Gasteiger partial charge < -0.3 is 19.7 Å². The molecule has 1 N–H and O–H groups in total. The molecule has 7 heteroatoms.